The second-order valence-corrected chi connectivity index (χ2v) is 6.38. The van der Waals surface area contributed by atoms with E-state index in [-0.39, 0.29) is 17.2 Å². The largest absolute Gasteiger partial charge is 0.381 e. The Bertz CT molecular complexity index is 392. The molecule has 1 aliphatic rings. The third-order valence-electron chi connectivity index (χ3n) is 3.06. The molecule has 90 valence electrons. The number of nitrogens with two attached hydrogens (primary N) is 1. The van der Waals surface area contributed by atoms with Crippen LogP contribution in [0, 0.1) is 0 Å². The minimum absolute atomic E-state index is 0.110. The van der Waals surface area contributed by atoms with Crippen LogP contribution in [-0.4, -0.2) is 21.0 Å². The van der Waals surface area contributed by atoms with Gasteiger partial charge in [0.2, 0.25) is 0 Å². The predicted octanol–water partition coefficient (Wildman–Crippen LogP) is 2.75. The Hall–Kier alpha value is -0.550. The quantitative estimate of drug-likeness (QED) is 0.864. The molecule has 16 heavy (non-hydrogen) atoms. The molecule has 2 heterocycles. The molecule has 1 unspecified atom stereocenters. The molecule has 1 aromatic rings. The van der Waals surface area contributed by atoms with Crippen LogP contribution >= 0.6 is 15.9 Å². The summed E-state index contributed by atoms with van der Waals surface area (Å²) in [4.78, 5) is 0. The highest BCUT2D eigenvalue weighted by Crippen LogP contribution is 2.45. The van der Waals surface area contributed by atoms with Crippen LogP contribution in [0.5, 0.6) is 0 Å². The first-order chi connectivity index (χ1) is 7.21. The van der Waals surface area contributed by atoms with Gasteiger partial charge < -0.3 is 10.5 Å². The Labute approximate surface area is 104 Å². The van der Waals surface area contributed by atoms with Crippen molar-refractivity contribution in [3.63, 3.8) is 0 Å². The first kappa shape index (κ1) is 11.9. The SMILES string of the molecule is CC1(C)CC(n2cc(Br)c(N)n2)C(C)(C)O1. The van der Waals surface area contributed by atoms with Gasteiger partial charge in [0.05, 0.1) is 21.7 Å². The van der Waals surface area contributed by atoms with Gasteiger partial charge in [-0.2, -0.15) is 5.10 Å². The van der Waals surface area contributed by atoms with Crippen LogP contribution in [0.3, 0.4) is 0 Å². The molecule has 0 saturated carbocycles. The standard InChI is InChI=1S/C11H18BrN3O/c1-10(2)5-8(11(3,4)16-10)15-6-7(12)9(13)14-15/h6,8H,5H2,1-4H3,(H2,13,14). The summed E-state index contributed by atoms with van der Waals surface area (Å²) in [5.41, 5.74) is 5.41. The van der Waals surface area contributed by atoms with E-state index in [0.29, 0.717) is 5.82 Å². The number of nitrogen functional groups attached to an aromatic ring is 1. The number of rotatable bonds is 1. The summed E-state index contributed by atoms with van der Waals surface area (Å²) in [5, 5.41) is 4.32. The van der Waals surface area contributed by atoms with Crippen LogP contribution in [-0.2, 0) is 4.74 Å². The van der Waals surface area contributed by atoms with E-state index in [1.54, 1.807) is 0 Å². The van der Waals surface area contributed by atoms with Crippen molar-refractivity contribution in [2.75, 3.05) is 5.73 Å². The summed E-state index contributed by atoms with van der Waals surface area (Å²) in [6.07, 6.45) is 2.86. The summed E-state index contributed by atoms with van der Waals surface area (Å²) in [6.45, 7) is 8.41. The van der Waals surface area contributed by atoms with Gasteiger partial charge in [-0.15, -0.1) is 0 Å². The number of ether oxygens (including phenoxy) is 1. The van der Waals surface area contributed by atoms with Gasteiger partial charge in [0, 0.05) is 12.6 Å². The van der Waals surface area contributed by atoms with E-state index < -0.39 is 0 Å². The van der Waals surface area contributed by atoms with E-state index in [9.17, 15) is 0 Å². The molecule has 0 amide bonds. The highest BCUT2D eigenvalue weighted by atomic mass is 79.9. The zero-order chi connectivity index (χ0) is 12.1. The normalized spacial score (nSPS) is 27.2. The van der Waals surface area contributed by atoms with E-state index in [0.717, 1.165) is 10.9 Å². The van der Waals surface area contributed by atoms with Crippen molar-refractivity contribution in [1.29, 1.82) is 0 Å². The number of nitrogens with zero attached hydrogens (tertiary/aromatic N) is 2. The van der Waals surface area contributed by atoms with E-state index >= 15 is 0 Å². The number of aromatic nitrogens is 2. The van der Waals surface area contributed by atoms with Gasteiger partial charge in [-0.3, -0.25) is 4.68 Å². The van der Waals surface area contributed by atoms with E-state index in [1.165, 1.54) is 0 Å². The maximum absolute atomic E-state index is 6.04. The van der Waals surface area contributed by atoms with Crippen molar-refractivity contribution in [2.24, 2.45) is 0 Å². The second kappa shape index (κ2) is 3.47. The maximum Gasteiger partial charge on any atom is 0.159 e. The van der Waals surface area contributed by atoms with Crippen LogP contribution in [0.2, 0.25) is 0 Å². The van der Waals surface area contributed by atoms with Crippen molar-refractivity contribution in [3.05, 3.63) is 10.7 Å². The molecule has 0 spiro atoms. The molecule has 0 aliphatic carbocycles. The summed E-state index contributed by atoms with van der Waals surface area (Å²) in [6, 6.07) is 0.219. The minimum atomic E-state index is -0.221. The van der Waals surface area contributed by atoms with E-state index in [2.05, 4.69) is 48.7 Å². The fourth-order valence-corrected chi connectivity index (χ4v) is 2.78. The molecule has 2 N–H and O–H groups in total. The number of halogens is 1. The summed E-state index contributed by atoms with van der Waals surface area (Å²) < 4.78 is 8.79. The molecule has 4 nitrogen and oxygen atoms in total. The predicted molar refractivity (Wildman–Crippen MR) is 67.2 cm³/mol. The average Bonchev–Trinajstić information content (AvgIpc) is 2.50. The average molecular weight is 288 g/mol. The summed E-state index contributed by atoms with van der Waals surface area (Å²) in [5.74, 6) is 0.528. The van der Waals surface area contributed by atoms with Gasteiger partial charge in [0.25, 0.3) is 0 Å². The van der Waals surface area contributed by atoms with Gasteiger partial charge in [-0.05, 0) is 43.6 Å². The van der Waals surface area contributed by atoms with Crippen LogP contribution in [0.25, 0.3) is 0 Å². The van der Waals surface area contributed by atoms with Gasteiger partial charge in [0.1, 0.15) is 0 Å². The molecule has 5 heteroatoms. The molecule has 1 aliphatic heterocycles. The lowest BCUT2D eigenvalue weighted by molar-refractivity contribution is -0.0737. The van der Waals surface area contributed by atoms with E-state index in [1.807, 2.05) is 10.9 Å². The van der Waals surface area contributed by atoms with Gasteiger partial charge in [-0.1, -0.05) is 0 Å². The molecular weight excluding hydrogens is 270 g/mol. The molecule has 1 atom stereocenters. The van der Waals surface area contributed by atoms with Gasteiger partial charge in [0.15, 0.2) is 5.82 Å². The van der Waals surface area contributed by atoms with Crippen molar-refractivity contribution in [3.8, 4) is 0 Å². The summed E-state index contributed by atoms with van der Waals surface area (Å²) >= 11 is 3.38. The first-order valence-electron chi connectivity index (χ1n) is 5.42. The fraction of sp³-hybridized carbons (Fsp3) is 0.727. The Balaban J connectivity index is 2.34. The molecule has 1 fully saturated rings. The Kier molecular flexibility index (Phi) is 2.58. The smallest absolute Gasteiger partial charge is 0.159 e. The molecule has 0 radical (unpaired) electrons. The lowest BCUT2D eigenvalue weighted by atomic mass is 9.95. The highest BCUT2D eigenvalue weighted by Gasteiger charge is 2.47. The van der Waals surface area contributed by atoms with Gasteiger partial charge in [-0.25, -0.2) is 0 Å². The molecule has 0 aromatic carbocycles. The van der Waals surface area contributed by atoms with Crippen molar-refractivity contribution in [2.45, 2.75) is 51.4 Å². The third kappa shape index (κ3) is 1.98. The zero-order valence-corrected chi connectivity index (χ0v) is 11.7. The topological polar surface area (TPSA) is 53.1 Å². The van der Waals surface area contributed by atoms with Crippen molar-refractivity contribution in [1.82, 2.24) is 9.78 Å². The Morgan fingerprint density at radius 1 is 1.50 bits per heavy atom. The van der Waals surface area contributed by atoms with Crippen LogP contribution in [0.15, 0.2) is 10.7 Å². The molecule has 0 bridgehead atoms. The fourth-order valence-electron chi connectivity index (χ4n) is 2.49. The Morgan fingerprint density at radius 2 is 2.12 bits per heavy atom. The summed E-state index contributed by atoms with van der Waals surface area (Å²) in [7, 11) is 0. The van der Waals surface area contributed by atoms with Crippen LogP contribution in [0.1, 0.15) is 40.2 Å². The number of hydrogen-bond acceptors (Lipinski definition) is 3. The van der Waals surface area contributed by atoms with Gasteiger partial charge >= 0.3 is 0 Å². The monoisotopic (exact) mass is 287 g/mol. The highest BCUT2D eigenvalue weighted by molar-refractivity contribution is 9.10. The van der Waals surface area contributed by atoms with Crippen LogP contribution in [0.4, 0.5) is 5.82 Å². The maximum atomic E-state index is 6.04. The second-order valence-electron chi connectivity index (χ2n) is 5.53. The minimum Gasteiger partial charge on any atom is -0.381 e. The number of hydrogen-bond donors (Lipinski definition) is 1. The molecule has 2 rings (SSSR count). The van der Waals surface area contributed by atoms with Crippen molar-refractivity contribution < 1.29 is 4.74 Å². The first-order valence-corrected chi connectivity index (χ1v) is 6.21. The molecule has 1 saturated heterocycles. The lowest BCUT2D eigenvalue weighted by Crippen LogP contribution is -2.31. The zero-order valence-electron chi connectivity index (χ0n) is 10.1. The Morgan fingerprint density at radius 3 is 2.50 bits per heavy atom. The number of anilines is 1. The lowest BCUT2D eigenvalue weighted by Gasteiger charge is -2.27. The van der Waals surface area contributed by atoms with Crippen LogP contribution < -0.4 is 5.73 Å². The molecular formula is C11H18BrN3O. The van der Waals surface area contributed by atoms with Crippen molar-refractivity contribution >= 4 is 21.7 Å². The molecule has 1 aromatic heterocycles. The third-order valence-corrected chi connectivity index (χ3v) is 3.67. The van der Waals surface area contributed by atoms with E-state index in [4.69, 9.17) is 10.5 Å².